The van der Waals surface area contributed by atoms with Crippen molar-refractivity contribution in [2.75, 3.05) is 0 Å². The summed E-state index contributed by atoms with van der Waals surface area (Å²) in [7, 11) is -7.08. The van der Waals surface area contributed by atoms with Gasteiger partial charge in [-0.1, -0.05) is 0 Å². The number of halogens is 26. The maximum Gasteiger partial charge on any atom is 0.460 e. The summed E-state index contributed by atoms with van der Waals surface area (Å²) in [4.78, 5) is 0. The number of rotatable bonds is 17. The highest BCUT2D eigenvalue weighted by Gasteiger charge is 2.92. The van der Waals surface area contributed by atoms with Crippen molar-refractivity contribution in [3.63, 3.8) is 0 Å². The first-order chi connectivity index (χ1) is 20.8. The van der Waals surface area contributed by atoms with E-state index in [-0.39, 0.29) is 0 Å². The minimum Gasteiger partial charge on any atom is -0.456 e. The topological polar surface area (TPSA) is 9.23 Å². The third-order valence-electron chi connectivity index (χ3n) is 6.51. The average Bonchev–Trinajstić information content (AvgIpc) is 2.84. The van der Waals surface area contributed by atoms with Gasteiger partial charge in [0.25, 0.3) is 0 Å². The van der Waals surface area contributed by atoms with E-state index in [1.165, 1.54) is 0 Å². The monoisotopic (exact) mass is 825 g/mol. The van der Waals surface area contributed by atoms with Crippen LogP contribution in [0.5, 0.6) is 0 Å². The molecule has 0 unspecified atom stereocenters. The minimum atomic E-state index is -8.17. The van der Waals surface area contributed by atoms with E-state index in [2.05, 4.69) is 0 Å². The van der Waals surface area contributed by atoms with Gasteiger partial charge in [0.05, 0.1) is 0 Å². The maximum atomic E-state index is 14.1. The van der Waals surface area contributed by atoms with Gasteiger partial charge in [-0.05, 0) is 38.2 Å². The minimum absolute atomic E-state index is 0.701. The van der Waals surface area contributed by atoms with E-state index in [1.54, 1.807) is 0 Å². The summed E-state index contributed by atoms with van der Waals surface area (Å²) in [6.07, 6.45) is -22.3. The number of hydrogen-bond acceptors (Lipinski definition) is 1. The molecule has 0 aliphatic carbocycles. The zero-order chi connectivity index (χ0) is 40.3. The van der Waals surface area contributed by atoms with Crippen LogP contribution in [0.4, 0.5) is 114 Å². The van der Waals surface area contributed by atoms with Crippen LogP contribution in [-0.2, 0) is 4.12 Å². The smallest absolute Gasteiger partial charge is 0.456 e. The van der Waals surface area contributed by atoms with Crippen molar-refractivity contribution in [1.29, 1.82) is 0 Å². The Labute approximate surface area is 259 Å². The molecule has 1 nitrogen and oxygen atoms in total. The first-order valence-electron chi connectivity index (χ1n) is 12.2. The predicted octanol–water partition coefficient (Wildman–Crippen LogP) is 11.5. The van der Waals surface area contributed by atoms with Gasteiger partial charge in [-0.15, -0.1) is 0 Å². The van der Waals surface area contributed by atoms with Gasteiger partial charge in [0, 0.05) is 12.8 Å². The van der Waals surface area contributed by atoms with Crippen molar-refractivity contribution in [2.24, 2.45) is 0 Å². The highest BCUT2D eigenvalue weighted by molar-refractivity contribution is 6.78. The number of hydrogen-bond donors (Lipinski definition) is 0. The first kappa shape index (κ1) is 47.6. The summed E-state index contributed by atoms with van der Waals surface area (Å²) >= 11 is 0. The Balaban J connectivity index is 5.78. The molecule has 0 amide bonds. The zero-order valence-electron chi connectivity index (χ0n) is 23.8. The van der Waals surface area contributed by atoms with Crippen LogP contribution in [0.15, 0.2) is 0 Å². The molecule has 29 heteroatoms. The van der Waals surface area contributed by atoms with Crippen LogP contribution in [-0.4, -0.2) is 88.9 Å². The molecule has 0 aromatic carbocycles. The lowest BCUT2D eigenvalue weighted by atomic mass is 9.92. The second kappa shape index (κ2) is 13.2. The number of alkyl halides is 26. The van der Waals surface area contributed by atoms with Crippen LogP contribution in [0.25, 0.3) is 0 Å². The largest absolute Gasteiger partial charge is 0.460 e. The molecule has 0 saturated carbocycles. The molecule has 0 aliphatic heterocycles. The molecule has 0 spiro atoms. The van der Waals surface area contributed by atoms with Crippen molar-refractivity contribution >= 4 is 17.4 Å². The molecule has 0 heterocycles. The van der Waals surface area contributed by atoms with E-state index in [4.69, 9.17) is 4.12 Å². The summed E-state index contributed by atoms with van der Waals surface area (Å²) in [6.45, 7) is 2.18. The Morgan fingerprint density at radius 3 is 0.959 bits per heavy atom. The maximum absolute atomic E-state index is 14.1. The summed E-state index contributed by atoms with van der Waals surface area (Å²) < 4.78 is 348. The molecule has 0 rings (SSSR count). The van der Waals surface area contributed by atoms with Gasteiger partial charge in [0.1, 0.15) is 0 Å². The van der Waals surface area contributed by atoms with Gasteiger partial charge in [0.2, 0.25) is 0 Å². The van der Waals surface area contributed by atoms with Crippen molar-refractivity contribution in [3.05, 3.63) is 0 Å². The van der Waals surface area contributed by atoms with Crippen LogP contribution in [0.2, 0.25) is 31.7 Å². The average molecular weight is 825 g/mol. The molecule has 1 radical (unpaired) electrons. The van der Waals surface area contributed by atoms with Crippen LogP contribution >= 0.6 is 0 Å². The summed E-state index contributed by atoms with van der Waals surface area (Å²) in [5.74, 6) is -76.7. The zero-order valence-corrected chi connectivity index (χ0v) is 25.8. The molecule has 0 bridgehead atoms. The van der Waals surface area contributed by atoms with Gasteiger partial charge in [-0.2, -0.15) is 114 Å². The lowest BCUT2D eigenvalue weighted by Crippen LogP contribution is -2.70. The molecule has 0 saturated heterocycles. The summed E-state index contributed by atoms with van der Waals surface area (Å²) in [5, 5.41) is 0. The molecule has 0 aliphatic rings. The molecule has 0 fully saturated rings. The fraction of sp³-hybridized carbons (Fsp3) is 1.00. The van der Waals surface area contributed by atoms with Gasteiger partial charge in [0.15, 0.2) is 17.4 Å². The molecule has 0 aromatic heterocycles. The summed E-state index contributed by atoms with van der Waals surface area (Å²) in [6, 6.07) is -2.67. The fourth-order valence-electron chi connectivity index (χ4n) is 3.51. The Kier molecular flexibility index (Phi) is 12.8. The highest BCUT2D eigenvalue weighted by atomic mass is 28.4. The van der Waals surface area contributed by atoms with Crippen LogP contribution in [0.1, 0.15) is 19.3 Å². The molecule has 0 atom stereocenters. The van der Waals surface area contributed by atoms with Crippen molar-refractivity contribution in [2.45, 2.75) is 123 Å². The fourth-order valence-corrected chi connectivity index (χ4v) is 9.69. The van der Waals surface area contributed by atoms with Crippen molar-refractivity contribution < 1.29 is 118 Å². The van der Waals surface area contributed by atoms with E-state index in [9.17, 15) is 114 Å². The molecule has 0 N–H and O–H groups in total. The van der Waals surface area contributed by atoms with Crippen molar-refractivity contribution in [3.8, 4) is 0 Å². The third kappa shape index (κ3) is 8.00. The normalized spacial score (nSPS) is 16.5. The van der Waals surface area contributed by atoms with Crippen LogP contribution in [0.3, 0.4) is 0 Å². The Morgan fingerprint density at radius 2 is 0.673 bits per heavy atom. The second-order valence-corrected chi connectivity index (χ2v) is 17.7. The van der Waals surface area contributed by atoms with E-state index in [0.717, 1.165) is 6.55 Å². The van der Waals surface area contributed by atoms with E-state index in [1.807, 2.05) is 0 Å². The Bertz CT molecular complexity index is 1120. The molecular weight excluding hydrogens is 806 g/mol. The molecule has 0 aromatic rings. The van der Waals surface area contributed by atoms with E-state index in [0.29, 0.717) is 13.1 Å². The predicted molar refractivity (Wildman–Crippen MR) is 115 cm³/mol. The van der Waals surface area contributed by atoms with Gasteiger partial charge in [-0.3, -0.25) is 0 Å². The van der Waals surface area contributed by atoms with Crippen molar-refractivity contribution in [1.82, 2.24) is 0 Å². The lowest BCUT2D eigenvalue weighted by molar-refractivity contribution is -0.440. The third-order valence-corrected chi connectivity index (χ3v) is 12.6. The molecular formula is C20H19F26OSi2. The van der Waals surface area contributed by atoms with Crippen LogP contribution in [0, 0.1) is 0 Å². The highest BCUT2D eigenvalue weighted by Crippen LogP contribution is 2.62. The molecule has 49 heavy (non-hydrogen) atoms. The molecule has 295 valence electrons. The van der Waals surface area contributed by atoms with Gasteiger partial charge < -0.3 is 4.12 Å². The summed E-state index contributed by atoms with van der Waals surface area (Å²) in [5.41, 5.74) is 0. The SMILES string of the molecule is C[Si](CCCC(F)(F)C(F)(F)C(F)(F)C(F)(F)C(F)(F)C(F)(F)F)O[Si](C)(C)CCC(F)(F)C(F)(F)C(F)(F)C(F)(F)C(F)(F)C(F)(F)F. The van der Waals surface area contributed by atoms with E-state index >= 15 is 0 Å². The first-order valence-corrected chi connectivity index (χ1v) is 17.5. The second-order valence-electron chi connectivity index (χ2n) is 10.9. The van der Waals surface area contributed by atoms with Gasteiger partial charge in [-0.25, -0.2) is 0 Å². The standard InChI is InChI=1S/C20H19F26OSi2/c1-48(7-4-5-9(21,22)11(25,26)13(29,30)15(33,34)17(37,38)19(41,42)43)47-49(2,3)8-6-10(23,24)12(27,28)14(31,32)16(35,36)18(39,40)20(44,45)46/h4-8H2,1-3H3. The Hall–Kier alpha value is -1.43. The quantitative estimate of drug-likeness (QED) is 0.105. The van der Waals surface area contributed by atoms with Crippen LogP contribution < -0.4 is 0 Å². The van der Waals surface area contributed by atoms with Gasteiger partial charge >= 0.3 is 71.6 Å². The lowest BCUT2D eigenvalue weighted by Gasteiger charge is -2.40. The van der Waals surface area contributed by atoms with E-state index < -0.39 is 120 Å². The Morgan fingerprint density at radius 1 is 0.408 bits per heavy atom.